The van der Waals surface area contributed by atoms with Crippen LogP contribution in [0.2, 0.25) is 0 Å². The molecule has 0 saturated heterocycles. The van der Waals surface area contributed by atoms with Crippen LogP contribution in [0.5, 0.6) is 0 Å². The Morgan fingerprint density at radius 3 is 2.74 bits per heavy atom. The Morgan fingerprint density at radius 2 is 2.09 bits per heavy atom. The van der Waals surface area contributed by atoms with Gasteiger partial charge in [0.1, 0.15) is 5.76 Å². The second-order valence-electron chi connectivity index (χ2n) is 4.58. The molecule has 1 aromatic carbocycles. The fourth-order valence-corrected chi connectivity index (χ4v) is 2.74. The molecule has 2 aromatic rings. The lowest BCUT2D eigenvalue weighted by atomic mass is 10.2. The molecule has 0 unspecified atom stereocenters. The Kier molecular flexibility index (Phi) is 5.64. The first-order valence-electron chi connectivity index (χ1n) is 6.89. The average molecular weight is 336 g/mol. The van der Waals surface area contributed by atoms with Gasteiger partial charge in [0.05, 0.1) is 21.3 Å². The fraction of sp³-hybridized carbons (Fsp3) is 0.267. The summed E-state index contributed by atoms with van der Waals surface area (Å²) in [5.41, 5.74) is 0.192. The van der Waals surface area contributed by atoms with Crippen molar-refractivity contribution < 1.29 is 23.1 Å². The molecule has 122 valence electrons. The maximum atomic E-state index is 12.1. The van der Waals surface area contributed by atoms with Gasteiger partial charge in [-0.2, -0.15) is 0 Å². The van der Waals surface area contributed by atoms with E-state index < -0.39 is 29.3 Å². The van der Waals surface area contributed by atoms with E-state index in [0.29, 0.717) is 16.4 Å². The third kappa shape index (κ3) is 4.49. The number of anilines is 1. The number of carbonyl (C=O) groups is 2. The van der Waals surface area contributed by atoms with Gasteiger partial charge in [-0.25, -0.2) is 4.79 Å². The third-order valence-corrected chi connectivity index (χ3v) is 4.22. The predicted octanol–water partition coefficient (Wildman–Crippen LogP) is 1.91. The molecule has 0 fully saturated rings. The Labute approximate surface area is 135 Å². The molecule has 1 atom stereocenters. The largest absolute Gasteiger partial charge is 0.452 e. The monoisotopic (exact) mass is 336 g/mol. The smallest absolute Gasteiger partial charge is 0.339 e. The summed E-state index contributed by atoms with van der Waals surface area (Å²) in [6.45, 7) is 2.97. The second-order valence-corrected chi connectivity index (χ2v) is 6.29. The first-order chi connectivity index (χ1) is 11.0. The summed E-state index contributed by atoms with van der Waals surface area (Å²) in [6.07, 6.45) is 0. The van der Waals surface area contributed by atoms with Gasteiger partial charge in [0.15, 0.2) is 12.4 Å². The van der Waals surface area contributed by atoms with Crippen molar-refractivity contribution >= 4 is 28.5 Å². The highest BCUT2D eigenvalue weighted by atomic mass is 32.2. The summed E-state index contributed by atoms with van der Waals surface area (Å²) in [5.74, 6) is -0.0602. The summed E-state index contributed by atoms with van der Waals surface area (Å²) in [5, 5.41) is 6.04. The van der Waals surface area contributed by atoms with Gasteiger partial charge < -0.3 is 14.6 Å². The van der Waals surface area contributed by atoms with E-state index in [1.165, 1.54) is 6.07 Å². The van der Waals surface area contributed by atoms with Crippen LogP contribution in [0.4, 0.5) is 5.82 Å². The van der Waals surface area contributed by atoms with Gasteiger partial charge in [-0.1, -0.05) is 24.2 Å². The molecule has 0 aliphatic rings. The zero-order valence-corrected chi connectivity index (χ0v) is 13.5. The van der Waals surface area contributed by atoms with Gasteiger partial charge in [0.25, 0.3) is 5.91 Å². The molecule has 7 nitrogen and oxygen atoms in total. The predicted molar refractivity (Wildman–Crippen MR) is 83.5 cm³/mol. The Morgan fingerprint density at radius 1 is 1.35 bits per heavy atom. The molecule has 0 aliphatic heterocycles. The summed E-state index contributed by atoms with van der Waals surface area (Å²) in [7, 11) is -1.29. The van der Waals surface area contributed by atoms with Crippen molar-refractivity contribution in [2.75, 3.05) is 17.7 Å². The molecule has 1 amide bonds. The van der Waals surface area contributed by atoms with E-state index in [-0.39, 0.29) is 11.4 Å². The normalized spacial score (nSPS) is 11.7. The number of carbonyl (C=O) groups excluding carboxylic acids is 2. The number of aromatic nitrogens is 1. The van der Waals surface area contributed by atoms with E-state index in [9.17, 15) is 13.8 Å². The van der Waals surface area contributed by atoms with Crippen molar-refractivity contribution in [3.63, 3.8) is 0 Å². The summed E-state index contributed by atoms with van der Waals surface area (Å²) in [6, 6.07) is 8.00. The average Bonchev–Trinajstić information content (AvgIpc) is 2.96. The number of benzene rings is 1. The van der Waals surface area contributed by atoms with E-state index in [1.807, 2.05) is 0 Å². The van der Waals surface area contributed by atoms with Crippen LogP contribution in [0.25, 0.3) is 0 Å². The van der Waals surface area contributed by atoms with Crippen LogP contribution >= 0.6 is 0 Å². The molecule has 1 N–H and O–H groups in total. The number of aryl methyl sites for hydroxylation is 1. The fourth-order valence-electron chi connectivity index (χ4n) is 1.80. The highest BCUT2D eigenvalue weighted by Crippen LogP contribution is 2.15. The number of amides is 1. The molecule has 0 saturated carbocycles. The number of rotatable bonds is 6. The number of hydrogen-bond acceptors (Lipinski definition) is 6. The van der Waals surface area contributed by atoms with Crippen molar-refractivity contribution in [3.8, 4) is 0 Å². The molecule has 2 rings (SSSR count). The van der Waals surface area contributed by atoms with Crippen LogP contribution in [0.1, 0.15) is 23.0 Å². The van der Waals surface area contributed by atoms with Crippen molar-refractivity contribution in [3.05, 3.63) is 41.7 Å². The molecular weight excluding hydrogens is 320 g/mol. The number of hydrogen-bond donors (Lipinski definition) is 1. The molecule has 8 heteroatoms. The zero-order chi connectivity index (χ0) is 16.8. The first-order valence-corrected chi connectivity index (χ1v) is 8.21. The zero-order valence-electron chi connectivity index (χ0n) is 12.7. The number of esters is 1. The highest BCUT2D eigenvalue weighted by molar-refractivity contribution is 7.85. The van der Waals surface area contributed by atoms with E-state index in [0.717, 1.165) is 0 Å². The van der Waals surface area contributed by atoms with Crippen LogP contribution in [-0.4, -0.2) is 33.6 Å². The van der Waals surface area contributed by atoms with E-state index in [2.05, 4.69) is 10.5 Å². The van der Waals surface area contributed by atoms with Crippen LogP contribution in [-0.2, 0) is 20.3 Å². The summed E-state index contributed by atoms with van der Waals surface area (Å²) >= 11 is 0. The second kappa shape index (κ2) is 7.68. The SMILES string of the molecule is CC[S@](=O)c1ccccc1C(=O)OCC(=O)Nc1cc(C)on1. The van der Waals surface area contributed by atoms with Crippen LogP contribution in [0.15, 0.2) is 39.8 Å². The molecule has 1 heterocycles. The van der Waals surface area contributed by atoms with Crippen molar-refractivity contribution in [1.82, 2.24) is 5.16 Å². The minimum atomic E-state index is -1.29. The molecule has 0 bridgehead atoms. The van der Waals surface area contributed by atoms with Crippen molar-refractivity contribution in [2.45, 2.75) is 18.7 Å². The Balaban J connectivity index is 1.97. The molecular formula is C15H16N2O5S. The van der Waals surface area contributed by atoms with E-state index in [1.54, 1.807) is 38.1 Å². The van der Waals surface area contributed by atoms with Gasteiger partial charge in [0.2, 0.25) is 0 Å². The lowest BCUT2D eigenvalue weighted by Gasteiger charge is -2.08. The maximum absolute atomic E-state index is 12.1. The van der Waals surface area contributed by atoms with Gasteiger partial charge in [-0.15, -0.1) is 0 Å². The summed E-state index contributed by atoms with van der Waals surface area (Å²) < 4.78 is 21.7. The van der Waals surface area contributed by atoms with Gasteiger partial charge in [-0.05, 0) is 19.1 Å². The summed E-state index contributed by atoms with van der Waals surface area (Å²) in [4.78, 5) is 24.2. The highest BCUT2D eigenvalue weighted by Gasteiger charge is 2.17. The molecule has 0 spiro atoms. The quantitative estimate of drug-likeness (QED) is 0.809. The van der Waals surface area contributed by atoms with Crippen molar-refractivity contribution in [1.29, 1.82) is 0 Å². The Bertz CT molecular complexity index is 741. The third-order valence-electron chi connectivity index (χ3n) is 2.84. The minimum absolute atomic E-state index is 0.192. The number of ether oxygens (including phenoxy) is 1. The standard InChI is InChI=1S/C15H16N2O5S/c1-3-23(20)12-7-5-4-6-11(12)15(19)21-9-14(18)16-13-8-10(2)22-17-13/h4-8H,3,9H2,1-2H3,(H,16,17,18)/t23-/m0/s1. The lowest BCUT2D eigenvalue weighted by Crippen LogP contribution is -2.21. The van der Waals surface area contributed by atoms with Crippen molar-refractivity contribution in [2.24, 2.45) is 0 Å². The molecule has 1 aromatic heterocycles. The Hall–Kier alpha value is -2.48. The van der Waals surface area contributed by atoms with E-state index >= 15 is 0 Å². The number of nitrogens with zero attached hydrogens (tertiary/aromatic N) is 1. The van der Waals surface area contributed by atoms with Crippen LogP contribution < -0.4 is 5.32 Å². The molecule has 0 radical (unpaired) electrons. The van der Waals surface area contributed by atoms with Gasteiger partial charge in [-0.3, -0.25) is 9.00 Å². The molecule has 23 heavy (non-hydrogen) atoms. The van der Waals surface area contributed by atoms with Crippen LogP contribution in [0, 0.1) is 6.92 Å². The molecule has 0 aliphatic carbocycles. The number of nitrogens with one attached hydrogen (secondary N) is 1. The minimum Gasteiger partial charge on any atom is -0.452 e. The maximum Gasteiger partial charge on any atom is 0.339 e. The van der Waals surface area contributed by atoms with E-state index in [4.69, 9.17) is 9.26 Å². The topological polar surface area (TPSA) is 98.5 Å². The lowest BCUT2D eigenvalue weighted by molar-refractivity contribution is -0.119. The van der Waals surface area contributed by atoms with Gasteiger partial charge in [0, 0.05) is 11.8 Å². The van der Waals surface area contributed by atoms with Crippen LogP contribution in [0.3, 0.4) is 0 Å². The van der Waals surface area contributed by atoms with Gasteiger partial charge >= 0.3 is 5.97 Å². The first kappa shape index (κ1) is 16.9.